The Bertz CT molecular complexity index is 821. The standard InChI is InChI=1S/C18H17F4N3O2S/c1-11(12-6-3-2-4-7-12)23-17(28)25-24-15(26)13-8-5-9-14(10-13)27-18(21,22)16(19)20/h2-11,16H,1H3,(H,24,26)(H2,23,25,28). The van der Waals surface area contributed by atoms with Crippen LogP contribution >= 0.6 is 12.2 Å². The van der Waals surface area contributed by atoms with Gasteiger partial charge >= 0.3 is 12.5 Å². The van der Waals surface area contributed by atoms with Crippen molar-refractivity contribution in [3.05, 3.63) is 65.7 Å². The summed E-state index contributed by atoms with van der Waals surface area (Å²) in [6.07, 6.45) is -8.66. The van der Waals surface area contributed by atoms with E-state index in [1.54, 1.807) is 0 Å². The van der Waals surface area contributed by atoms with E-state index in [0.717, 1.165) is 17.7 Å². The number of halogens is 4. The van der Waals surface area contributed by atoms with Gasteiger partial charge < -0.3 is 10.1 Å². The number of ether oxygens (including phenoxy) is 1. The summed E-state index contributed by atoms with van der Waals surface area (Å²) in [7, 11) is 0. The Morgan fingerprint density at radius 3 is 2.39 bits per heavy atom. The first-order valence-electron chi connectivity index (χ1n) is 8.06. The quantitative estimate of drug-likeness (QED) is 0.381. The molecule has 1 amide bonds. The van der Waals surface area contributed by atoms with E-state index in [1.165, 1.54) is 12.1 Å². The van der Waals surface area contributed by atoms with E-state index < -0.39 is 24.2 Å². The van der Waals surface area contributed by atoms with Crippen molar-refractivity contribution in [2.75, 3.05) is 0 Å². The summed E-state index contributed by atoms with van der Waals surface area (Å²) >= 11 is 5.08. The first kappa shape index (κ1) is 21.4. The summed E-state index contributed by atoms with van der Waals surface area (Å²) in [4.78, 5) is 12.1. The van der Waals surface area contributed by atoms with E-state index in [2.05, 4.69) is 20.9 Å². The van der Waals surface area contributed by atoms with Gasteiger partial charge in [0.2, 0.25) is 0 Å². The van der Waals surface area contributed by atoms with E-state index in [9.17, 15) is 22.4 Å². The highest BCUT2D eigenvalue weighted by atomic mass is 32.1. The number of thiocarbonyl (C=S) groups is 1. The molecule has 5 nitrogen and oxygen atoms in total. The minimum absolute atomic E-state index is 0.0889. The van der Waals surface area contributed by atoms with Gasteiger partial charge in [0.15, 0.2) is 5.11 Å². The number of hydrogen-bond donors (Lipinski definition) is 3. The lowest BCUT2D eigenvalue weighted by atomic mass is 10.1. The van der Waals surface area contributed by atoms with Crippen LogP contribution in [0.1, 0.15) is 28.9 Å². The fourth-order valence-electron chi connectivity index (χ4n) is 2.15. The smallest absolute Gasteiger partial charge is 0.428 e. The van der Waals surface area contributed by atoms with Crippen LogP contribution < -0.4 is 20.9 Å². The average Bonchev–Trinajstić information content (AvgIpc) is 2.66. The fourth-order valence-corrected chi connectivity index (χ4v) is 2.37. The first-order valence-corrected chi connectivity index (χ1v) is 8.46. The number of rotatable bonds is 6. The van der Waals surface area contributed by atoms with Gasteiger partial charge in [-0.05, 0) is 42.9 Å². The van der Waals surface area contributed by atoms with Gasteiger partial charge in [0.1, 0.15) is 5.75 Å². The molecule has 1 atom stereocenters. The van der Waals surface area contributed by atoms with Crippen LogP contribution in [0.15, 0.2) is 54.6 Å². The van der Waals surface area contributed by atoms with Crippen molar-refractivity contribution >= 4 is 23.2 Å². The van der Waals surface area contributed by atoms with Crippen LogP contribution in [0, 0.1) is 0 Å². The van der Waals surface area contributed by atoms with Gasteiger partial charge in [-0.25, -0.2) is 0 Å². The van der Waals surface area contributed by atoms with Crippen molar-refractivity contribution in [2.45, 2.75) is 25.5 Å². The number of carbonyl (C=O) groups excluding carboxylic acids is 1. The number of hydrazine groups is 1. The monoisotopic (exact) mass is 415 g/mol. The summed E-state index contributed by atoms with van der Waals surface area (Å²) in [5.41, 5.74) is 5.65. The molecule has 2 aromatic carbocycles. The van der Waals surface area contributed by atoms with Crippen molar-refractivity contribution in [2.24, 2.45) is 0 Å². The molecule has 0 saturated carbocycles. The molecule has 2 rings (SSSR count). The maximum absolute atomic E-state index is 13.0. The van der Waals surface area contributed by atoms with Crippen molar-refractivity contribution in [1.29, 1.82) is 0 Å². The molecule has 28 heavy (non-hydrogen) atoms. The van der Waals surface area contributed by atoms with Crippen molar-refractivity contribution < 1.29 is 27.1 Å². The summed E-state index contributed by atoms with van der Waals surface area (Å²) in [6.45, 7) is 1.87. The number of hydrogen-bond acceptors (Lipinski definition) is 3. The lowest BCUT2D eigenvalue weighted by Crippen LogP contribution is -2.47. The van der Waals surface area contributed by atoms with Crippen molar-refractivity contribution in [1.82, 2.24) is 16.2 Å². The molecule has 3 N–H and O–H groups in total. The third-order valence-electron chi connectivity index (χ3n) is 3.54. The lowest BCUT2D eigenvalue weighted by molar-refractivity contribution is -0.253. The normalized spacial score (nSPS) is 12.2. The topological polar surface area (TPSA) is 62.4 Å². The molecule has 10 heteroatoms. The number of benzene rings is 2. The predicted molar refractivity (Wildman–Crippen MR) is 99.2 cm³/mol. The van der Waals surface area contributed by atoms with Crippen LogP contribution in [-0.4, -0.2) is 23.6 Å². The molecule has 0 aliphatic heterocycles. The molecule has 0 spiro atoms. The highest BCUT2D eigenvalue weighted by Gasteiger charge is 2.44. The zero-order chi connectivity index (χ0) is 20.7. The van der Waals surface area contributed by atoms with Crippen LogP contribution in [0.5, 0.6) is 5.75 Å². The molecular formula is C18H17F4N3O2S. The summed E-state index contributed by atoms with van der Waals surface area (Å²) < 4.78 is 54.3. The third-order valence-corrected chi connectivity index (χ3v) is 3.76. The Labute approximate surface area is 164 Å². The minimum atomic E-state index is -4.66. The molecule has 0 aromatic heterocycles. The summed E-state index contributed by atoms with van der Waals surface area (Å²) in [5.74, 6) is -1.29. The van der Waals surface area contributed by atoms with Crippen LogP contribution in [-0.2, 0) is 0 Å². The Hall–Kier alpha value is -2.88. The molecule has 0 bridgehead atoms. The van der Waals surface area contributed by atoms with Crippen LogP contribution in [0.4, 0.5) is 17.6 Å². The average molecular weight is 415 g/mol. The summed E-state index contributed by atoms with van der Waals surface area (Å²) in [5, 5.41) is 3.08. The SMILES string of the molecule is CC(NC(=S)NNC(=O)c1cccc(OC(F)(F)C(F)F)c1)c1ccccc1. The van der Waals surface area contributed by atoms with Gasteiger partial charge in [0.25, 0.3) is 5.91 Å². The molecule has 0 heterocycles. The number of alkyl halides is 4. The van der Waals surface area contributed by atoms with Crippen molar-refractivity contribution in [3.63, 3.8) is 0 Å². The number of carbonyl (C=O) groups is 1. The van der Waals surface area contributed by atoms with Gasteiger partial charge in [0.05, 0.1) is 6.04 Å². The van der Waals surface area contributed by atoms with E-state index in [4.69, 9.17) is 12.2 Å². The molecule has 0 aliphatic rings. The predicted octanol–water partition coefficient (Wildman–Crippen LogP) is 3.79. The lowest BCUT2D eigenvalue weighted by Gasteiger charge is -2.18. The molecule has 0 radical (unpaired) electrons. The second kappa shape index (κ2) is 9.36. The Kier molecular flexibility index (Phi) is 7.16. The zero-order valence-electron chi connectivity index (χ0n) is 14.6. The van der Waals surface area contributed by atoms with E-state index in [0.29, 0.717) is 0 Å². The molecule has 0 fully saturated rings. The van der Waals surface area contributed by atoms with Gasteiger partial charge in [0, 0.05) is 5.56 Å². The fraction of sp³-hybridized carbons (Fsp3) is 0.222. The van der Waals surface area contributed by atoms with Gasteiger partial charge in [-0.3, -0.25) is 15.6 Å². The van der Waals surface area contributed by atoms with Crippen LogP contribution in [0.3, 0.4) is 0 Å². The molecule has 2 aromatic rings. The van der Waals surface area contributed by atoms with Crippen molar-refractivity contribution in [3.8, 4) is 5.75 Å². The molecule has 150 valence electrons. The maximum atomic E-state index is 13.0. The van der Waals surface area contributed by atoms with Crippen LogP contribution in [0.25, 0.3) is 0 Å². The molecule has 0 saturated heterocycles. The highest BCUT2D eigenvalue weighted by Crippen LogP contribution is 2.27. The van der Waals surface area contributed by atoms with E-state index in [1.807, 2.05) is 37.3 Å². The summed E-state index contributed by atoms with van der Waals surface area (Å²) in [6, 6.07) is 13.8. The largest absolute Gasteiger partial charge is 0.461 e. The van der Waals surface area contributed by atoms with Gasteiger partial charge in [-0.15, -0.1) is 0 Å². The maximum Gasteiger partial charge on any atom is 0.461 e. The Morgan fingerprint density at radius 2 is 1.75 bits per heavy atom. The van der Waals surface area contributed by atoms with Crippen LogP contribution in [0.2, 0.25) is 0 Å². The second-order valence-corrected chi connectivity index (χ2v) is 6.09. The zero-order valence-corrected chi connectivity index (χ0v) is 15.4. The molecule has 1 unspecified atom stereocenters. The first-order chi connectivity index (χ1) is 13.2. The molecular weight excluding hydrogens is 398 g/mol. The number of nitrogens with one attached hydrogen (secondary N) is 3. The van der Waals surface area contributed by atoms with E-state index in [-0.39, 0.29) is 16.7 Å². The minimum Gasteiger partial charge on any atom is -0.428 e. The van der Waals surface area contributed by atoms with E-state index >= 15 is 0 Å². The third kappa shape index (κ3) is 6.08. The highest BCUT2D eigenvalue weighted by molar-refractivity contribution is 7.80. The van der Waals surface area contributed by atoms with Gasteiger partial charge in [-0.1, -0.05) is 36.4 Å². The number of amides is 1. The van der Waals surface area contributed by atoms with Gasteiger partial charge in [-0.2, -0.15) is 17.6 Å². The second-order valence-electron chi connectivity index (χ2n) is 5.68. The molecule has 0 aliphatic carbocycles. The Balaban J connectivity index is 1.90. The Morgan fingerprint density at radius 1 is 1.07 bits per heavy atom.